The molecule has 3 aromatic rings. The molecule has 0 bridgehead atoms. The second-order valence-electron chi connectivity index (χ2n) is 6.98. The molecule has 0 saturated carbocycles. The van der Waals surface area contributed by atoms with E-state index >= 15 is 0 Å². The number of nitrogens with one attached hydrogen (secondary N) is 3. The number of ether oxygens (including phenoxy) is 1. The molecule has 1 aliphatic heterocycles. The summed E-state index contributed by atoms with van der Waals surface area (Å²) in [5.74, 6) is 0.246. The van der Waals surface area contributed by atoms with E-state index in [2.05, 4.69) is 15.4 Å². The molecule has 3 heterocycles. The van der Waals surface area contributed by atoms with Crippen LogP contribution in [0.1, 0.15) is 43.4 Å². The van der Waals surface area contributed by atoms with Crippen LogP contribution in [0.25, 0.3) is 10.9 Å². The molecule has 0 saturated heterocycles. The number of fused-ring (bicyclic) bond motifs is 2. The highest BCUT2D eigenvalue weighted by Crippen LogP contribution is 2.35. The number of benzene rings is 1. The number of H-pyrrole nitrogens is 2. The number of rotatable bonds is 3. The van der Waals surface area contributed by atoms with E-state index in [-0.39, 0.29) is 29.5 Å². The fourth-order valence-electron chi connectivity index (χ4n) is 3.62. The minimum Gasteiger partial charge on any atom is -0.497 e. The lowest BCUT2D eigenvalue weighted by Crippen LogP contribution is -2.30. The van der Waals surface area contributed by atoms with Gasteiger partial charge in [0.1, 0.15) is 11.6 Å². The van der Waals surface area contributed by atoms with Crippen molar-refractivity contribution < 1.29 is 9.53 Å². The van der Waals surface area contributed by atoms with Crippen molar-refractivity contribution in [1.29, 1.82) is 0 Å². The molecule has 140 valence electrons. The standard InChI is InChI=1S/C19H20N4O4/c1-9(2)23-17-16(19(26)22-23)12(8-15(24)21-17)13-7-10-6-11(27-3)4-5-14(10)20-18(13)25/h4-7,9,12H,8H2,1-3H3,(H,20,25)(H,21,24)(H,22,26). The van der Waals surface area contributed by atoms with E-state index in [1.54, 1.807) is 30.0 Å². The minimum absolute atomic E-state index is 0.0384. The first-order chi connectivity index (χ1) is 12.9. The smallest absolute Gasteiger partial charge is 0.270 e. The molecule has 8 nitrogen and oxygen atoms in total. The first-order valence-corrected chi connectivity index (χ1v) is 8.74. The van der Waals surface area contributed by atoms with Crippen molar-refractivity contribution >= 4 is 22.6 Å². The van der Waals surface area contributed by atoms with Gasteiger partial charge in [0.25, 0.3) is 11.1 Å². The normalized spacial score (nSPS) is 16.4. The number of carbonyl (C=O) groups excluding carboxylic acids is 1. The molecule has 0 fully saturated rings. The molecule has 4 rings (SSSR count). The number of amides is 1. The second kappa shape index (κ2) is 6.15. The quantitative estimate of drug-likeness (QED) is 0.657. The average Bonchev–Trinajstić information content (AvgIpc) is 2.97. The summed E-state index contributed by atoms with van der Waals surface area (Å²) in [4.78, 5) is 40.4. The SMILES string of the molecule is COc1ccc2[nH]c(=O)c(C3CC(=O)Nc4c3c(=O)[nH]n4C(C)C)cc2c1. The van der Waals surface area contributed by atoms with Gasteiger partial charge in [0.2, 0.25) is 5.91 Å². The fourth-order valence-corrected chi connectivity index (χ4v) is 3.62. The molecule has 1 aromatic carbocycles. The summed E-state index contributed by atoms with van der Waals surface area (Å²) in [5.41, 5.74) is 0.859. The minimum atomic E-state index is -0.614. The molecule has 1 aliphatic rings. The summed E-state index contributed by atoms with van der Waals surface area (Å²) in [6.45, 7) is 3.81. The Labute approximate surface area is 154 Å². The van der Waals surface area contributed by atoms with Gasteiger partial charge in [-0.25, -0.2) is 0 Å². The number of methoxy groups -OCH3 is 1. The molecule has 2 aromatic heterocycles. The maximum Gasteiger partial charge on any atom is 0.270 e. The summed E-state index contributed by atoms with van der Waals surface area (Å²) in [7, 11) is 1.57. The average molecular weight is 368 g/mol. The third-order valence-corrected chi connectivity index (χ3v) is 4.93. The van der Waals surface area contributed by atoms with Gasteiger partial charge in [-0.1, -0.05) is 0 Å². The van der Waals surface area contributed by atoms with Crippen LogP contribution in [0.5, 0.6) is 5.75 Å². The van der Waals surface area contributed by atoms with Gasteiger partial charge in [-0.05, 0) is 38.1 Å². The molecule has 27 heavy (non-hydrogen) atoms. The summed E-state index contributed by atoms with van der Waals surface area (Å²) in [6.07, 6.45) is 0.0384. The summed E-state index contributed by atoms with van der Waals surface area (Å²) in [5, 5.41) is 6.30. The van der Waals surface area contributed by atoms with E-state index < -0.39 is 5.92 Å². The molecular weight excluding hydrogens is 348 g/mol. The third-order valence-electron chi connectivity index (χ3n) is 4.93. The number of aromatic nitrogens is 3. The Hall–Kier alpha value is -3.29. The van der Waals surface area contributed by atoms with Gasteiger partial charge in [0.15, 0.2) is 0 Å². The largest absolute Gasteiger partial charge is 0.497 e. The zero-order valence-corrected chi connectivity index (χ0v) is 15.3. The van der Waals surface area contributed by atoms with E-state index in [1.807, 2.05) is 19.9 Å². The van der Waals surface area contributed by atoms with E-state index in [1.165, 1.54) is 0 Å². The first kappa shape index (κ1) is 17.1. The number of nitrogens with zero attached hydrogens (tertiary/aromatic N) is 1. The van der Waals surface area contributed by atoms with Crippen molar-refractivity contribution in [3.63, 3.8) is 0 Å². The lowest BCUT2D eigenvalue weighted by Gasteiger charge is -2.24. The number of hydrogen-bond acceptors (Lipinski definition) is 4. The Morgan fingerprint density at radius 1 is 1.15 bits per heavy atom. The van der Waals surface area contributed by atoms with E-state index in [9.17, 15) is 14.4 Å². The van der Waals surface area contributed by atoms with Crippen LogP contribution >= 0.6 is 0 Å². The van der Waals surface area contributed by atoms with Gasteiger partial charge in [-0.3, -0.25) is 24.2 Å². The summed E-state index contributed by atoms with van der Waals surface area (Å²) in [6, 6.07) is 7.02. The molecular formula is C19H20N4O4. The summed E-state index contributed by atoms with van der Waals surface area (Å²) < 4.78 is 6.87. The van der Waals surface area contributed by atoms with Crippen molar-refractivity contribution in [2.24, 2.45) is 0 Å². The zero-order chi connectivity index (χ0) is 19.3. The van der Waals surface area contributed by atoms with Gasteiger partial charge < -0.3 is 15.0 Å². The highest BCUT2D eigenvalue weighted by atomic mass is 16.5. The van der Waals surface area contributed by atoms with Crippen molar-refractivity contribution in [2.75, 3.05) is 12.4 Å². The highest BCUT2D eigenvalue weighted by Gasteiger charge is 2.34. The Bertz CT molecular complexity index is 1170. The number of anilines is 1. The topological polar surface area (TPSA) is 109 Å². The fraction of sp³-hybridized carbons (Fsp3) is 0.316. The Morgan fingerprint density at radius 2 is 1.93 bits per heavy atom. The van der Waals surface area contributed by atoms with E-state index in [0.29, 0.717) is 28.2 Å². The lowest BCUT2D eigenvalue weighted by atomic mass is 9.87. The molecule has 1 unspecified atom stereocenters. The lowest BCUT2D eigenvalue weighted by molar-refractivity contribution is -0.116. The van der Waals surface area contributed by atoms with Gasteiger partial charge in [-0.15, -0.1) is 0 Å². The molecule has 8 heteroatoms. The van der Waals surface area contributed by atoms with Crippen LogP contribution in [0.4, 0.5) is 5.82 Å². The maximum atomic E-state index is 12.7. The van der Waals surface area contributed by atoms with Gasteiger partial charge in [-0.2, -0.15) is 0 Å². The van der Waals surface area contributed by atoms with Crippen LogP contribution < -0.4 is 21.2 Å². The molecule has 1 atom stereocenters. The van der Waals surface area contributed by atoms with Crippen LogP contribution in [0.3, 0.4) is 0 Å². The number of hydrogen-bond donors (Lipinski definition) is 3. The van der Waals surface area contributed by atoms with Crippen LogP contribution in [-0.2, 0) is 4.79 Å². The summed E-state index contributed by atoms with van der Waals surface area (Å²) >= 11 is 0. The monoisotopic (exact) mass is 368 g/mol. The van der Waals surface area contributed by atoms with Crippen molar-refractivity contribution in [3.8, 4) is 5.75 Å². The predicted molar refractivity (Wildman–Crippen MR) is 102 cm³/mol. The van der Waals surface area contributed by atoms with Crippen molar-refractivity contribution in [3.05, 3.63) is 56.1 Å². The van der Waals surface area contributed by atoms with E-state index in [4.69, 9.17) is 4.74 Å². The molecule has 1 amide bonds. The second-order valence-corrected chi connectivity index (χ2v) is 6.98. The third kappa shape index (κ3) is 2.73. The highest BCUT2D eigenvalue weighted by molar-refractivity contribution is 5.94. The van der Waals surface area contributed by atoms with Crippen LogP contribution in [0.15, 0.2) is 33.9 Å². The van der Waals surface area contributed by atoms with E-state index in [0.717, 1.165) is 5.39 Å². The molecule has 0 aliphatic carbocycles. The Morgan fingerprint density at radius 3 is 2.63 bits per heavy atom. The van der Waals surface area contributed by atoms with Crippen LogP contribution in [-0.4, -0.2) is 27.8 Å². The maximum absolute atomic E-state index is 12.7. The molecule has 0 radical (unpaired) electrons. The zero-order valence-electron chi connectivity index (χ0n) is 15.3. The number of carbonyl (C=O) groups is 1. The number of aromatic amines is 2. The van der Waals surface area contributed by atoms with Crippen LogP contribution in [0, 0.1) is 0 Å². The predicted octanol–water partition coefficient (Wildman–Crippen LogP) is 2.08. The number of pyridine rings is 1. The molecule has 0 spiro atoms. The van der Waals surface area contributed by atoms with Crippen molar-refractivity contribution in [1.82, 2.24) is 14.8 Å². The first-order valence-electron chi connectivity index (χ1n) is 8.74. The van der Waals surface area contributed by atoms with Gasteiger partial charge in [0.05, 0.1) is 12.7 Å². The Balaban J connectivity index is 1.94. The van der Waals surface area contributed by atoms with Crippen LogP contribution in [0.2, 0.25) is 0 Å². The van der Waals surface area contributed by atoms with Crippen molar-refractivity contribution in [2.45, 2.75) is 32.2 Å². The molecule has 3 N–H and O–H groups in total. The van der Waals surface area contributed by atoms with Gasteiger partial charge >= 0.3 is 0 Å². The van der Waals surface area contributed by atoms with Gasteiger partial charge in [0, 0.05) is 34.8 Å². The Kier molecular flexibility index (Phi) is 3.91.